The minimum atomic E-state index is 0.123. The molecule has 1 atom stereocenters. The molecule has 1 fully saturated rings. The van der Waals surface area contributed by atoms with Crippen LogP contribution in [0.3, 0.4) is 0 Å². The Balaban J connectivity index is 1.66. The Morgan fingerprint density at radius 2 is 2.22 bits per heavy atom. The Hall–Kier alpha value is -1.62. The second kappa shape index (κ2) is 4.94. The normalized spacial score (nSPS) is 18.3. The van der Waals surface area contributed by atoms with Gasteiger partial charge in [-0.25, -0.2) is 0 Å². The van der Waals surface area contributed by atoms with E-state index in [9.17, 15) is 0 Å². The van der Waals surface area contributed by atoms with Gasteiger partial charge in [0.2, 0.25) is 11.7 Å². The van der Waals surface area contributed by atoms with Gasteiger partial charge in [-0.1, -0.05) is 18.0 Å². The van der Waals surface area contributed by atoms with E-state index in [-0.39, 0.29) is 6.04 Å². The zero-order valence-corrected chi connectivity index (χ0v) is 10.2. The molecule has 0 spiro atoms. The maximum Gasteiger partial charge on any atom is 0.238 e. The number of aromatic nitrogens is 2. The molecule has 5 heteroatoms. The highest BCUT2D eigenvalue weighted by atomic mass is 16.5. The van der Waals surface area contributed by atoms with Gasteiger partial charge in [0.15, 0.2) is 5.76 Å². The smallest absolute Gasteiger partial charge is 0.238 e. The molecule has 2 aromatic rings. The van der Waals surface area contributed by atoms with Gasteiger partial charge in [-0.2, -0.15) is 4.98 Å². The number of nitrogens with two attached hydrogens (primary N) is 1. The average Bonchev–Trinajstić information content (AvgIpc) is 3.12. The molecule has 96 valence electrons. The summed E-state index contributed by atoms with van der Waals surface area (Å²) < 4.78 is 10.4. The van der Waals surface area contributed by atoms with Crippen molar-refractivity contribution in [2.24, 2.45) is 11.7 Å². The summed E-state index contributed by atoms with van der Waals surface area (Å²) in [7, 11) is 0. The molecule has 3 rings (SSSR count). The molecular formula is C13H17N3O2. The van der Waals surface area contributed by atoms with Crippen LogP contribution in [0.1, 0.15) is 31.6 Å². The third-order valence-electron chi connectivity index (χ3n) is 3.63. The van der Waals surface area contributed by atoms with Gasteiger partial charge in [0.1, 0.15) is 0 Å². The topological polar surface area (TPSA) is 78.1 Å². The largest absolute Gasteiger partial charge is 0.461 e. The van der Waals surface area contributed by atoms with Crippen LogP contribution in [-0.2, 0) is 6.42 Å². The third kappa shape index (κ3) is 2.31. The molecule has 0 aliphatic heterocycles. The third-order valence-corrected chi connectivity index (χ3v) is 3.63. The first-order chi connectivity index (χ1) is 8.83. The van der Waals surface area contributed by atoms with Crippen molar-refractivity contribution in [2.75, 3.05) is 0 Å². The predicted molar refractivity (Wildman–Crippen MR) is 65.6 cm³/mol. The van der Waals surface area contributed by atoms with Crippen molar-refractivity contribution in [1.29, 1.82) is 0 Å². The lowest BCUT2D eigenvalue weighted by Gasteiger charge is -2.16. The molecule has 0 aromatic carbocycles. The maximum atomic E-state index is 6.19. The van der Waals surface area contributed by atoms with Gasteiger partial charge in [0.05, 0.1) is 6.26 Å². The lowest BCUT2D eigenvalue weighted by molar-refractivity contribution is 0.341. The number of rotatable bonds is 4. The van der Waals surface area contributed by atoms with Crippen molar-refractivity contribution in [3.05, 3.63) is 24.3 Å². The molecule has 1 aliphatic rings. The van der Waals surface area contributed by atoms with E-state index in [1.54, 1.807) is 12.3 Å². The van der Waals surface area contributed by atoms with Crippen molar-refractivity contribution in [3.63, 3.8) is 0 Å². The molecule has 0 saturated heterocycles. The zero-order chi connectivity index (χ0) is 12.4. The minimum absolute atomic E-state index is 0.123. The molecule has 18 heavy (non-hydrogen) atoms. The highest BCUT2D eigenvalue weighted by Crippen LogP contribution is 2.28. The van der Waals surface area contributed by atoms with Gasteiger partial charge >= 0.3 is 0 Å². The first-order valence-corrected chi connectivity index (χ1v) is 6.45. The fourth-order valence-corrected chi connectivity index (χ4v) is 2.60. The Morgan fingerprint density at radius 3 is 2.94 bits per heavy atom. The molecule has 2 N–H and O–H groups in total. The molecule has 0 bridgehead atoms. The number of hydrogen-bond acceptors (Lipinski definition) is 5. The summed E-state index contributed by atoms with van der Waals surface area (Å²) in [6, 6.07) is 3.73. The van der Waals surface area contributed by atoms with E-state index in [1.165, 1.54) is 25.7 Å². The first-order valence-electron chi connectivity index (χ1n) is 6.45. The van der Waals surface area contributed by atoms with E-state index >= 15 is 0 Å². The van der Waals surface area contributed by atoms with Gasteiger partial charge < -0.3 is 14.7 Å². The van der Waals surface area contributed by atoms with Crippen LogP contribution in [0.2, 0.25) is 0 Å². The lowest BCUT2D eigenvalue weighted by atomic mass is 9.96. The summed E-state index contributed by atoms with van der Waals surface area (Å²) in [4.78, 5) is 4.31. The van der Waals surface area contributed by atoms with E-state index in [0.717, 1.165) is 0 Å². The maximum absolute atomic E-state index is 6.19. The second-order valence-electron chi connectivity index (χ2n) is 4.90. The fraction of sp³-hybridized carbons (Fsp3) is 0.538. The number of furan rings is 1. The second-order valence-corrected chi connectivity index (χ2v) is 4.90. The predicted octanol–water partition coefficient (Wildman–Crippen LogP) is 2.39. The van der Waals surface area contributed by atoms with Crippen molar-refractivity contribution in [3.8, 4) is 11.6 Å². The standard InChI is InChI=1S/C13H17N3O2/c14-10(9-4-1-2-5-9)8-12-15-13(16-18-12)11-6-3-7-17-11/h3,6-7,9-10H,1-2,4-5,8,14H2. The minimum Gasteiger partial charge on any atom is -0.461 e. The molecule has 1 saturated carbocycles. The van der Waals surface area contributed by atoms with Gasteiger partial charge in [-0.05, 0) is 30.9 Å². The highest BCUT2D eigenvalue weighted by Gasteiger charge is 2.24. The molecule has 1 aliphatic carbocycles. The van der Waals surface area contributed by atoms with Gasteiger partial charge in [0.25, 0.3) is 0 Å². The molecule has 2 heterocycles. The quantitative estimate of drug-likeness (QED) is 0.897. The molecule has 2 aromatic heterocycles. The molecule has 0 amide bonds. The number of hydrogen-bond donors (Lipinski definition) is 1. The zero-order valence-electron chi connectivity index (χ0n) is 10.2. The van der Waals surface area contributed by atoms with Crippen molar-refractivity contribution in [2.45, 2.75) is 38.1 Å². The highest BCUT2D eigenvalue weighted by molar-refractivity contribution is 5.44. The fourth-order valence-electron chi connectivity index (χ4n) is 2.60. The summed E-state index contributed by atoms with van der Waals surface area (Å²) in [5.74, 6) is 2.32. The average molecular weight is 247 g/mol. The molecule has 5 nitrogen and oxygen atoms in total. The van der Waals surface area contributed by atoms with Crippen LogP contribution in [-0.4, -0.2) is 16.2 Å². The van der Waals surface area contributed by atoms with E-state index in [1.807, 2.05) is 6.07 Å². The van der Waals surface area contributed by atoms with Crippen molar-refractivity contribution < 1.29 is 8.94 Å². The summed E-state index contributed by atoms with van der Waals surface area (Å²) in [6.07, 6.45) is 7.27. The van der Waals surface area contributed by atoms with E-state index < -0.39 is 0 Å². The Bertz CT molecular complexity index is 486. The van der Waals surface area contributed by atoms with Crippen LogP contribution >= 0.6 is 0 Å². The van der Waals surface area contributed by atoms with Crippen LogP contribution in [0.15, 0.2) is 27.3 Å². The Labute approximate surface area is 105 Å². The molecule has 0 radical (unpaired) electrons. The Kier molecular flexibility index (Phi) is 3.15. The lowest BCUT2D eigenvalue weighted by Crippen LogP contribution is -2.30. The van der Waals surface area contributed by atoms with Crippen molar-refractivity contribution >= 4 is 0 Å². The summed E-state index contributed by atoms with van der Waals surface area (Å²) in [6.45, 7) is 0. The van der Waals surface area contributed by atoms with Crippen molar-refractivity contribution in [1.82, 2.24) is 10.1 Å². The molecular weight excluding hydrogens is 230 g/mol. The van der Waals surface area contributed by atoms with Crippen LogP contribution in [0, 0.1) is 5.92 Å². The van der Waals surface area contributed by atoms with Gasteiger partial charge in [-0.3, -0.25) is 0 Å². The summed E-state index contributed by atoms with van der Waals surface area (Å²) in [5.41, 5.74) is 6.19. The van der Waals surface area contributed by atoms with E-state index in [2.05, 4.69) is 10.1 Å². The molecule has 1 unspecified atom stereocenters. The monoisotopic (exact) mass is 247 g/mol. The van der Waals surface area contributed by atoms with E-state index in [0.29, 0.717) is 29.8 Å². The SMILES string of the molecule is NC(Cc1nc(-c2ccco2)no1)C1CCCC1. The van der Waals surface area contributed by atoms with Crippen LogP contribution in [0.4, 0.5) is 0 Å². The van der Waals surface area contributed by atoms with Gasteiger partial charge in [0, 0.05) is 12.5 Å². The Morgan fingerprint density at radius 1 is 1.39 bits per heavy atom. The van der Waals surface area contributed by atoms with Crippen LogP contribution in [0.5, 0.6) is 0 Å². The first kappa shape index (κ1) is 11.5. The van der Waals surface area contributed by atoms with Gasteiger partial charge in [-0.15, -0.1) is 0 Å². The van der Waals surface area contributed by atoms with E-state index in [4.69, 9.17) is 14.7 Å². The van der Waals surface area contributed by atoms with Crippen LogP contribution < -0.4 is 5.73 Å². The number of nitrogens with zero attached hydrogens (tertiary/aromatic N) is 2. The summed E-state index contributed by atoms with van der Waals surface area (Å²) >= 11 is 0. The summed E-state index contributed by atoms with van der Waals surface area (Å²) in [5, 5.41) is 3.90. The van der Waals surface area contributed by atoms with Crippen LogP contribution in [0.25, 0.3) is 11.6 Å².